The molecule has 21 heavy (non-hydrogen) atoms. The predicted octanol–water partition coefficient (Wildman–Crippen LogP) is 1.89. The molecule has 0 saturated heterocycles. The van der Waals surface area contributed by atoms with Gasteiger partial charge in [-0.15, -0.1) is 0 Å². The van der Waals surface area contributed by atoms with Crippen LogP contribution in [0.25, 0.3) is 0 Å². The van der Waals surface area contributed by atoms with E-state index in [2.05, 4.69) is 4.72 Å². The van der Waals surface area contributed by atoms with Crippen LogP contribution in [-0.2, 0) is 14.8 Å². The lowest BCUT2D eigenvalue weighted by molar-refractivity contribution is -0.136. The first kappa shape index (κ1) is 17.2. The highest BCUT2D eigenvalue weighted by molar-refractivity contribution is 7.94. The maximum absolute atomic E-state index is 14.0. The molecule has 1 aromatic carbocycles. The van der Waals surface area contributed by atoms with Crippen molar-refractivity contribution >= 4 is 27.4 Å². The van der Waals surface area contributed by atoms with Crippen LogP contribution in [0.4, 0.5) is 15.8 Å². The molecule has 0 aliphatic heterocycles. The molecule has 1 aromatic rings. The molecule has 1 atom stereocenters. The third-order valence-corrected chi connectivity index (χ3v) is 4.83. The zero-order valence-electron chi connectivity index (χ0n) is 12.3. The molecule has 0 saturated carbocycles. The predicted molar refractivity (Wildman–Crippen MR) is 79.6 cm³/mol. The number of carboxylic acids is 1. The highest BCUT2D eigenvalue weighted by Gasteiger charge is 2.27. The fourth-order valence-electron chi connectivity index (χ4n) is 1.52. The van der Waals surface area contributed by atoms with E-state index in [9.17, 15) is 17.6 Å². The van der Waals surface area contributed by atoms with Crippen LogP contribution in [0, 0.1) is 5.82 Å². The minimum absolute atomic E-state index is 0.0125. The number of sulfonamides is 1. The Morgan fingerprint density at radius 1 is 1.33 bits per heavy atom. The number of hydrogen-bond donors (Lipinski definition) is 2. The number of aliphatic carboxylic acids is 1. The van der Waals surface area contributed by atoms with Crippen LogP contribution in [0.1, 0.15) is 20.8 Å². The van der Waals surface area contributed by atoms with E-state index in [0.717, 1.165) is 13.0 Å². The Hall–Kier alpha value is -1.83. The number of hydrogen-bond acceptors (Lipinski definition) is 4. The van der Waals surface area contributed by atoms with Gasteiger partial charge >= 0.3 is 5.97 Å². The summed E-state index contributed by atoms with van der Waals surface area (Å²) in [5.41, 5.74) is 0.320. The van der Waals surface area contributed by atoms with E-state index in [4.69, 9.17) is 5.11 Å². The summed E-state index contributed by atoms with van der Waals surface area (Å²) >= 11 is 0. The lowest BCUT2D eigenvalue weighted by atomic mass is 10.2. The zero-order chi connectivity index (χ0) is 16.4. The number of nitrogens with one attached hydrogen (secondary N) is 1. The number of rotatable bonds is 6. The van der Waals surface area contributed by atoms with Crippen LogP contribution in [0.3, 0.4) is 0 Å². The van der Waals surface area contributed by atoms with Gasteiger partial charge in [-0.25, -0.2) is 12.8 Å². The van der Waals surface area contributed by atoms with Gasteiger partial charge in [-0.1, -0.05) is 0 Å². The summed E-state index contributed by atoms with van der Waals surface area (Å²) in [5, 5.41) is 7.10. The van der Waals surface area contributed by atoms with E-state index in [0.29, 0.717) is 5.69 Å². The summed E-state index contributed by atoms with van der Waals surface area (Å²) in [5.74, 6) is -2.06. The molecule has 0 bridgehead atoms. The van der Waals surface area contributed by atoms with Gasteiger partial charge < -0.3 is 10.0 Å². The average Bonchev–Trinajstić information content (AvgIpc) is 2.36. The molecular weight excluding hydrogens is 299 g/mol. The lowest BCUT2D eigenvalue weighted by Gasteiger charge is -2.24. The largest absolute Gasteiger partial charge is 0.480 e. The maximum atomic E-state index is 14.0. The summed E-state index contributed by atoms with van der Waals surface area (Å²) < 4.78 is 39.6. The number of carboxylic acid groups (broad SMARTS) is 1. The number of carbonyl (C=O) groups is 1. The normalized spacial score (nSPS) is 13.0. The third-order valence-electron chi connectivity index (χ3n) is 3.18. The Bertz CT molecular complexity index is 631. The third kappa shape index (κ3) is 4.07. The highest BCUT2D eigenvalue weighted by atomic mass is 32.2. The second kappa shape index (κ2) is 6.30. The Balaban J connectivity index is 3.03. The van der Waals surface area contributed by atoms with E-state index in [-0.39, 0.29) is 11.7 Å². The van der Waals surface area contributed by atoms with Gasteiger partial charge in [0.15, 0.2) is 5.25 Å². The summed E-state index contributed by atoms with van der Waals surface area (Å²) in [6.07, 6.45) is 0. The van der Waals surface area contributed by atoms with Gasteiger partial charge in [0.1, 0.15) is 5.82 Å². The summed E-state index contributed by atoms with van der Waals surface area (Å²) in [7, 11) is -2.39. The van der Waals surface area contributed by atoms with Crippen molar-refractivity contribution in [2.24, 2.45) is 0 Å². The quantitative estimate of drug-likeness (QED) is 0.836. The standard InChI is InChI=1S/C13H19FN2O4S/c1-8(2)16(4)12-6-5-10(7-11(12)14)15-21(19,20)9(3)13(17)18/h5-9,15H,1-4H3,(H,17,18). The first-order chi connectivity index (χ1) is 9.56. The van der Waals surface area contributed by atoms with Crippen LogP contribution < -0.4 is 9.62 Å². The molecular formula is C13H19FN2O4S. The Morgan fingerprint density at radius 3 is 2.33 bits per heavy atom. The van der Waals surface area contributed by atoms with Gasteiger partial charge in [-0.05, 0) is 32.9 Å². The Kier molecular flexibility index (Phi) is 5.16. The number of benzene rings is 1. The molecule has 0 fully saturated rings. The molecule has 2 N–H and O–H groups in total. The minimum atomic E-state index is -4.11. The van der Waals surface area contributed by atoms with Crippen LogP contribution in [0.2, 0.25) is 0 Å². The molecule has 1 rings (SSSR count). The van der Waals surface area contributed by atoms with Crippen molar-refractivity contribution in [2.45, 2.75) is 32.1 Å². The second-order valence-corrected chi connectivity index (χ2v) is 7.00. The molecule has 6 nitrogen and oxygen atoms in total. The fourth-order valence-corrected chi connectivity index (χ4v) is 2.42. The molecule has 0 spiro atoms. The van der Waals surface area contributed by atoms with Crippen LogP contribution >= 0.6 is 0 Å². The van der Waals surface area contributed by atoms with E-state index >= 15 is 0 Å². The molecule has 8 heteroatoms. The van der Waals surface area contributed by atoms with Crippen molar-refractivity contribution in [3.63, 3.8) is 0 Å². The summed E-state index contributed by atoms with van der Waals surface area (Å²) in [6.45, 7) is 4.83. The highest BCUT2D eigenvalue weighted by Crippen LogP contribution is 2.24. The second-order valence-electron chi connectivity index (χ2n) is 5.00. The van der Waals surface area contributed by atoms with Crippen molar-refractivity contribution in [3.8, 4) is 0 Å². The Morgan fingerprint density at radius 2 is 1.90 bits per heavy atom. The van der Waals surface area contributed by atoms with E-state index in [1.54, 1.807) is 11.9 Å². The number of nitrogens with zero attached hydrogens (tertiary/aromatic N) is 1. The topological polar surface area (TPSA) is 86.7 Å². The molecule has 0 amide bonds. The SMILES string of the molecule is CC(C)N(C)c1ccc(NS(=O)(=O)C(C)C(=O)O)cc1F. The maximum Gasteiger partial charge on any atom is 0.323 e. The van der Waals surface area contributed by atoms with Crippen molar-refractivity contribution < 1.29 is 22.7 Å². The van der Waals surface area contributed by atoms with Crippen molar-refractivity contribution in [1.29, 1.82) is 0 Å². The number of anilines is 2. The van der Waals surface area contributed by atoms with Gasteiger partial charge in [0.05, 0.1) is 11.4 Å². The van der Waals surface area contributed by atoms with Gasteiger partial charge in [0.25, 0.3) is 0 Å². The van der Waals surface area contributed by atoms with Gasteiger partial charge in [0, 0.05) is 19.2 Å². The van der Waals surface area contributed by atoms with Gasteiger partial charge in [-0.2, -0.15) is 0 Å². The van der Waals surface area contributed by atoms with E-state index in [1.807, 2.05) is 13.8 Å². The van der Waals surface area contributed by atoms with E-state index < -0.39 is 27.1 Å². The average molecular weight is 318 g/mol. The molecule has 0 heterocycles. The lowest BCUT2D eigenvalue weighted by Crippen LogP contribution is -2.32. The molecule has 0 radical (unpaired) electrons. The van der Waals surface area contributed by atoms with E-state index in [1.165, 1.54) is 12.1 Å². The first-order valence-electron chi connectivity index (χ1n) is 6.33. The smallest absolute Gasteiger partial charge is 0.323 e. The molecule has 118 valence electrons. The fraction of sp³-hybridized carbons (Fsp3) is 0.462. The molecule has 1 unspecified atom stereocenters. The number of halogens is 1. The van der Waals surface area contributed by atoms with Crippen LogP contribution in [0.15, 0.2) is 18.2 Å². The van der Waals surface area contributed by atoms with Gasteiger partial charge in [-0.3, -0.25) is 9.52 Å². The monoisotopic (exact) mass is 318 g/mol. The van der Waals surface area contributed by atoms with Crippen molar-refractivity contribution in [3.05, 3.63) is 24.0 Å². The summed E-state index contributed by atoms with van der Waals surface area (Å²) in [4.78, 5) is 12.4. The first-order valence-corrected chi connectivity index (χ1v) is 7.87. The molecule has 0 aliphatic carbocycles. The van der Waals surface area contributed by atoms with Crippen molar-refractivity contribution in [2.75, 3.05) is 16.7 Å². The molecule has 0 aromatic heterocycles. The van der Waals surface area contributed by atoms with Crippen molar-refractivity contribution in [1.82, 2.24) is 0 Å². The Labute approximate surface area is 123 Å². The summed E-state index contributed by atoms with van der Waals surface area (Å²) in [6, 6.07) is 3.94. The minimum Gasteiger partial charge on any atom is -0.480 e. The van der Waals surface area contributed by atoms with Gasteiger partial charge in [0.2, 0.25) is 10.0 Å². The zero-order valence-corrected chi connectivity index (χ0v) is 13.1. The van der Waals surface area contributed by atoms with Crippen LogP contribution in [-0.4, -0.2) is 37.8 Å². The van der Waals surface area contributed by atoms with Crippen LogP contribution in [0.5, 0.6) is 0 Å². The molecule has 0 aliphatic rings.